The van der Waals surface area contributed by atoms with Crippen molar-refractivity contribution < 1.29 is 27.8 Å². The number of ether oxygens (including phenoxy) is 2. The largest absolute Gasteiger partial charge is 0.484 e. The second-order valence-corrected chi connectivity index (χ2v) is 5.67. The molecule has 0 bridgehead atoms. The Morgan fingerprint density at radius 2 is 1.70 bits per heavy atom. The first-order chi connectivity index (χ1) is 10.9. The molecular formula is C17H20F2O4. The molecule has 1 aliphatic carbocycles. The Hall–Kier alpha value is -1.98. The van der Waals surface area contributed by atoms with Gasteiger partial charge in [-0.25, -0.2) is 8.78 Å². The Balaban J connectivity index is 1.99. The molecule has 1 aromatic rings. The number of carbonyl (C=O) groups excluding carboxylic acids is 2. The van der Waals surface area contributed by atoms with E-state index >= 15 is 0 Å². The summed E-state index contributed by atoms with van der Waals surface area (Å²) in [5, 5.41) is 0. The highest BCUT2D eigenvalue weighted by Crippen LogP contribution is 2.31. The van der Waals surface area contributed by atoms with Crippen LogP contribution in [0.1, 0.15) is 49.9 Å². The van der Waals surface area contributed by atoms with E-state index < -0.39 is 23.2 Å². The first-order valence-corrected chi connectivity index (χ1v) is 7.75. The third-order valence-electron chi connectivity index (χ3n) is 3.98. The van der Waals surface area contributed by atoms with Crippen LogP contribution < -0.4 is 4.74 Å². The van der Waals surface area contributed by atoms with E-state index in [1.807, 2.05) is 0 Å². The summed E-state index contributed by atoms with van der Waals surface area (Å²) in [5.41, 5.74) is -0.0293. The Kier molecular flexibility index (Phi) is 5.69. The van der Waals surface area contributed by atoms with Gasteiger partial charge in [-0.2, -0.15) is 0 Å². The highest BCUT2D eigenvalue weighted by Gasteiger charge is 2.29. The van der Waals surface area contributed by atoms with Gasteiger partial charge in [0.15, 0.2) is 23.2 Å². The van der Waals surface area contributed by atoms with Crippen LogP contribution in [0.2, 0.25) is 0 Å². The fourth-order valence-electron chi connectivity index (χ4n) is 2.72. The van der Waals surface area contributed by atoms with Crippen molar-refractivity contribution in [2.75, 3.05) is 6.61 Å². The summed E-state index contributed by atoms with van der Waals surface area (Å²) in [6.07, 6.45) is 1.83. The van der Waals surface area contributed by atoms with E-state index in [1.165, 1.54) is 6.92 Å². The van der Waals surface area contributed by atoms with Gasteiger partial charge in [0, 0.05) is 5.56 Å². The maximum absolute atomic E-state index is 13.9. The summed E-state index contributed by atoms with van der Waals surface area (Å²) in [7, 11) is 0. The average Bonchev–Trinajstić information content (AvgIpc) is 2.51. The highest BCUT2D eigenvalue weighted by molar-refractivity contribution is 5.94. The molecule has 23 heavy (non-hydrogen) atoms. The number of halogens is 2. The molecule has 0 atom stereocenters. The minimum atomic E-state index is -0.886. The predicted molar refractivity (Wildman–Crippen MR) is 79.4 cm³/mol. The smallest absolute Gasteiger partial charge is 0.308 e. The molecule has 1 aliphatic rings. The monoisotopic (exact) mass is 326 g/mol. The quantitative estimate of drug-likeness (QED) is 0.612. The van der Waals surface area contributed by atoms with Crippen molar-refractivity contribution >= 4 is 11.8 Å². The molecule has 6 heteroatoms. The minimum absolute atomic E-state index is 0.0293. The zero-order valence-electron chi connectivity index (χ0n) is 13.2. The van der Waals surface area contributed by atoms with Crippen LogP contribution >= 0.6 is 0 Å². The predicted octanol–water partition coefficient (Wildman–Crippen LogP) is 3.67. The molecule has 2 rings (SSSR count). The van der Waals surface area contributed by atoms with Gasteiger partial charge in [0.2, 0.25) is 0 Å². The Morgan fingerprint density at radius 3 is 2.17 bits per heavy atom. The first kappa shape index (κ1) is 17.4. The average molecular weight is 326 g/mol. The van der Waals surface area contributed by atoms with Gasteiger partial charge in [-0.05, 0) is 51.7 Å². The SMILES string of the molecule is CCOC(=O)[C@H]1CC[C@@H](Oc2c(F)cc(C(C)=O)cc2F)CC1. The fourth-order valence-corrected chi connectivity index (χ4v) is 2.72. The van der Waals surface area contributed by atoms with Gasteiger partial charge in [-0.3, -0.25) is 9.59 Å². The van der Waals surface area contributed by atoms with Gasteiger partial charge < -0.3 is 9.47 Å². The third-order valence-corrected chi connectivity index (χ3v) is 3.98. The molecule has 0 unspecified atom stereocenters. The molecule has 0 amide bonds. The lowest BCUT2D eigenvalue weighted by Crippen LogP contribution is -2.29. The van der Waals surface area contributed by atoms with E-state index in [9.17, 15) is 18.4 Å². The van der Waals surface area contributed by atoms with Gasteiger partial charge in [-0.1, -0.05) is 0 Å². The zero-order valence-corrected chi connectivity index (χ0v) is 13.2. The number of Topliss-reactive ketones (excluding diaryl/α,β-unsaturated/α-hetero) is 1. The van der Waals surface area contributed by atoms with E-state index in [-0.39, 0.29) is 23.6 Å². The number of hydrogen-bond donors (Lipinski definition) is 0. The van der Waals surface area contributed by atoms with Crippen molar-refractivity contribution in [2.45, 2.75) is 45.6 Å². The van der Waals surface area contributed by atoms with Crippen molar-refractivity contribution in [3.63, 3.8) is 0 Å². The van der Waals surface area contributed by atoms with Crippen molar-refractivity contribution in [3.8, 4) is 5.75 Å². The Bertz CT molecular complexity index is 569. The fraction of sp³-hybridized carbons (Fsp3) is 0.529. The van der Waals surface area contributed by atoms with Crippen molar-refractivity contribution in [2.24, 2.45) is 5.92 Å². The third kappa shape index (κ3) is 4.27. The summed E-state index contributed by atoms with van der Waals surface area (Å²) >= 11 is 0. The molecule has 0 N–H and O–H groups in total. The van der Waals surface area contributed by atoms with E-state index in [0.29, 0.717) is 32.3 Å². The molecule has 1 aromatic carbocycles. The number of esters is 1. The van der Waals surface area contributed by atoms with E-state index in [2.05, 4.69) is 0 Å². The van der Waals surface area contributed by atoms with Crippen LogP contribution in [-0.4, -0.2) is 24.5 Å². The summed E-state index contributed by atoms with van der Waals surface area (Å²) in [6, 6.07) is 1.95. The van der Waals surface area contributed by atoms with Gasteiger partial charge in [-0.15, -0.1) is 0 Å². The lowest BCUT2D eigenvalue weighted by atomic mass is 9.87. The maximum Gasteiger partial charge on any atom is 0.308 e. The van der Waals surface area contributed by atoms with Crippen molar-refractivity contribution in [3.05, 3.63) is 29.3 Å². The molecule has 0 radical (unpaired) electrons. The number of ketones is 1. The minimum Gasteiger partial charge on any atom is -0.484 e. The van der Waals surface area contributed by atoms with Crippen LogP contribution in [0.15, 0.2) is 12.1 Å². The van der Waals surface area contributed by atoms with E-state index in [0.717, 1.165) is 12.1 Å². The summed E-state index contributed by atoms with van der Waals surface area (Å²) in [4.78, 5) is 22.8. The van der Waals surface area contributed by atoms with Crippen LogP contribution in [0.4, 0.5) is 8.78 Å². The van der Waals surface area contributed by atoms with Gasteiger partial charge in [0.05, 0.1) is 18.6 Å². The van der Waals surface area contributed by atoms with E-state index in [1.54, 1.807) is 6.92 Å². The molecule has 1 fully saturated rings. The zero-order chi connectivity index (χ0) is 17.0. The lowest BCUT2D eigenvalue weighted by molar-refractivity contribution is -0.149. The van der Waals surface area contributed by atoms with E-state index in [4.69, 9.17) is 9.47 Å². The van der Waals surface area contributed by atoms with Gasteiger partial charge >= 0.3 is 5.97 Å². The number of benzene rings is 1. The molecule has 0 aromatic heterocycles. The molecule has 0 heterocycles. The van der Waals surface area contributed by atoms with Crippen LogP contribution in [0, 0.1) is 17.6 Å². The summed E-state index contributed by atoms with van der Waals surface area (Å²) in [6.45, 7) is 3.34. The standard InChI is InChI=1S/C17H20F2O4/c1-3-22-17(21)11-4-6-13(7-5-11)23-16-14(18)8-12(10(2)20)9-15(16)19/h8-9,11,13H,3-7H2,1-2H3/t11-,13+. The highest BCUT2D eigenvalue weighted by atomic mass is 19.1. The maximum atomic E-state index is 13.9. The van der Waals surface area contributed by atoms with Crippen molar-refractivity contribution in [1.82, 2.24) is 0 Å². The second-order valence-electron chi connectivity index (χ2n) is 5.67. The topological polar surface area (TPSA) is 52.6 Å². The number of hydrogen-bond acceptors (Lipinski definition) is 4. The lowest BCUT2D eigenvalue weighted by Gasteiger charge is -2.28. The Labute approximate surface area is 133 Å². The summed E-state index contributed by atoms with van der Waals surface area (Å²) < 4.78 is 38.3. The molecule has 0 spiro atoms. The second kappa shape index (κ2) is 7.53. The first-order valence-electron chi connectivity index (χ1n) is 7.75. The number of carbonyl (C=O) groups is 2. The Morgan fingerprint density at radius 1 is 1.13 bits per heavy atom. The van der Waals surface area contributed by atoms with Crippen LogP contribution in [0.5, 0.6) is 5.75 Å². The van der Waals surface area contributed by atoms with Crippen LogP contribution in [-0.2, 0) is 9.53 Å². The van der Waals surface area contributed by atoms with Crippen LogP contribution in [0.25, 0.3) is 0 Å². The molecule has 0 saturated heterocycles. The molecule has 126 valence electrons. The molecule has 4 nitrogen and oxygen atoms in total. The van der Waals surface area contributed by atoms with Crippen molar-refractivity contribution in [1.29, 1.82) is 0 Å². The molecule has 0 aliphatic heterocycles. The molecular weight excluding hydrogens is 306 g/mol. The number of rotatable bonds is 5. The van der Waals surface area contributed by atoms with Crippen LogP contribution in [0.3, 0.4) is 0 Å². The van der Waals surface area contributed by atoms with Gasteiger partial charge in [0.25, 0.3) is 0 Å². The summed E-state index contributed by atoms with van der Waals surface area (Å²) in [5.74, 6) is -3.05. The molecule has 1 saturated carbocycles. The normalized spacial score (nSPS) is 20.9. The van der Waals surface area contributed by atoms with Gasteiger partial charge in [0.1, 0.15) is 0 Å².